The second-order valence-corrected chi connectivity index (χ2v) is 4.43. The summed E-state index contributed by atoms with van der Waals surface area (Å²) in [4.78, 5) is 14.3. The molecule has 0 radical (unpaired) electrons. The van der Waals surface area contributed by atoms with Crippen LogP contribution in [0.4, 0.5) is 0 Å². The lowest BCUT2D eigenvalue weighted by Crippen LogP contribution is -1.91. The summed E-state index contributed by atoms with van der Waals surface area (Å²) in [6, 6.07) is 5.50. The molecule has 2 nitrogen and oxygen atoms in total. The Labute approximate surface area is 104 Å². The fourth-order valence-electron chi connectivity index (χ4n) is 1.82. The van der Waals surface area contributed by atoms with Crippen molar-refractivity contribution in [1.29, 1.82) is 0 Å². The third kappa shape index (κ3) is 2.08. The first kappa shape index (κ1) is 11.5. The van der Waals surface area contributed by atoms with Crippen LogP contribution in [0.1, 0.15) is 22.5 Å². The zero-order chi connectivity index (χ0) is 11.5. The maximum Gasteiger partial charge on any atom is 0.152 e. The van der Waals surface area contributed by atoms with E-state index >= 15 is 0 Å². The minimum absolute atomic E-state index is 0.592. The number of fused-ring (bicyclic) bond motifs is 1. The molecule has 16 heavy (non-hydrogen) atoms. The number of rotatable bonds is 4. The van der Waals surface area contributed by atoms with Crippen molar-refractivity contribution in [3.8, 4) is 0 Å². The molecule has 1 heterocycles. The van der Waals surface area contributed by atoms with E-state index in [-0.39, 0.29) is 0 Å². The first-order valence-corrected chi connectivity index (χ1v) is 5.98. The van der Waals surface area contributed by atoms with E-state index < -0.39 is 0 Å². The number of aryl methyl sites for hydroxylation is 1. The fourth-order valence-corrected chi connectivity index (χ4v) is 2.12. The molecule has 0 saturated heterocycles. The average molecular weight is 256 g/mol. The van der Waals surface area contributed by atoms with Crippen LogP contribution in [0.2, 0.25) is 5.02 Å². The molecule has 1 aromatic heterocycles. The van der Waals surface area contributed by atoms with Gasteiger partial charge in [0, 0.05) is 33.1 Å². The lowest BCUT2D eigenvalue weighted by molar-refractivity contribution is 0.112. The highest BCUT2D eigenvalue weighted by Crippen LogP contribution is 2.25. The van der Waals surface area contributed by atoms with Gasteiger partial charge in [-0.3, -0.25) is 4.79 Å². The summed E-state index contributed by atoms with van der Waals surface area (Å²) in [6.45, 7) is 0. The molecule has 0 fully saturated rings. The first-order valence-electron chi connectivity index (χ1n) is 5.07. The molecule has 0 saturated carbocycles. The zero-order valence-electron chi connectivity index (χ0n) is 8.59. The number of hydrogen-bond acceptors (Lipinski definition) is 1. The van der Waals surface area contributed by atoms with Crippen molar-refractivity contribution in [3.05, 3.63) is 34.5 Å². The second-order valence-electron chi connectivity index (χ2n) is 3.62. The molecule has 0 amide bonds. The van der Waals surface area contributed by atoms with E-state index in [0.29, 0.717) is 16.5 Å². The van der Waals surface area contributed by atoms with Gasteiger partial charge in [-0.25, -0.2) is 0 Å². The zero-order valence-corrected chi connectivity index (χ0v) is 10.1. The van der Waals surface area contributed by atoms with Crippen LogP contribution in [0.3, 0.4) is 0 Å². The number of carbonyl (C=O) groups excluding carboxylic acids is 1. The minimum atomic E-state index is 0.592. The standard InChI is InChI=1S/C12H11Cl2NO/c13-5-1-2-11-10(7-16)9-6-8(14)3-4-12(9)15-11/h3-4,6-7,15H,1-2,5H2. The molecule has 0 aliphatic carbocycles. The number of aldehydes is 1. The molecule has 0 bridgehead atoms. The van der Waals surface area contributed by atoms with Crippen LogP contribution in [0.5, 0.6) is 0 Å². The first-order chi connectivity index (χ1) is 7.76. The monoisotopic (exact) mass is 255 g/mol. The van der Waals surface area contributed by atoms with E-state index in [1.165, 1.54) is 0 Å². The summed E-state index contributed by atoms with van der Waals surface area (Å²) in [5.74, 6) is 0.592. The molecular formula is C12H11Cl2NO. The van der Waals surface area contributed by atoms with Gasteiger partial charge < -0.3 is 4.98 Å². The number of alkyl halides is 1. The summed E-state index contributed by atoms with van der Waals surface area (Å²) in [5, 5.41) is 1.52. The Kier molecular flexibility index (Phi) is 3.52. The van der Waals surface area contributed by atoms with Gasteiger partial charge in [-0.15, -0.1) is 11.6 Å². The van der Waals surface area contributed by atoms with Crippen LogP contribution in [-0.4, -0.2) is 17.2 Å². The Morgan fingerprint density at radius 3 is 2.88 bits per heavy atom. The summed E-state index contributed by atoms with van der Waals surface area (Å²) >= 11 is 11.6. The van der Waals surface area contributed by atoms with Crippen LogP contribution in [0.25, 0.3) is 10.9 Å². The molecule has 1 N–H and O–H groups in total. The highest BCUT2D eigenvalue weighted by atomic mass is 35.5. The van der Waals surface area contributed by atoms with Crippen LogP contribution < -0.4 is 0 Å². The highest BCUT2D eigenvalue weighted by molar-refractivity contribution is 6.31. The Hall–Kier alpha value is -0.990. The van der Waals surface area contributed by atoms with Gasteiger partial charge in [0.05, 0.1) is 0 Å². The normalized spacial score (nSPS) is 10.9. The molecule has 4 heteroatoms. The molecule has 0 aliphatic rings. The number of H-pyrrole nitrogens is 1. The Morgan fingerprint density at radius 1 is 1.38 bits per heavy atom. The molecule has 2 aromatic rings. The van der Waals surface area contributed by atoms with Gasteiger partial charge in [-0.2, -0.15) is 0 Å². The van der Waals surface area contributed by atoms with Gasteiger partial charge in [0.15, 0.2) is 6.29 Å². The number of hydrogen-bond donors (Lipinski definition) is 1. The number of benzene rings is 1. The van der Waals surface area contributed by atoms with Crippen molar-refractivity contribution in [2.45, 2.75) is 12.8 Å². The number of aromatic amines is 1. The van der Waals surface area contributed by atoms with E-state index in [1.807, 2.05) is 6.07 Å². The Balaban J connectivity index is 2.53. The van der Waals surface area contributed by atoms with Crippen molar-refractivity contribution < 1.29 is 4.79 Å². The SMILES string of the molecule is O=Cc1c(CCCCl)[nH]c2ccc(Cl)cc12. The number of nitrogens with one attached hydrogen (secondary N) is 1. The fraction of sp³-hybridized carbons (Fsp3) is 0.250. The maximum absolute atomic E-state index is 11.1. The smallest absolute Gasteiger partial charge is 0.152 e. The third-order valence-corrected chi connectivity index (χ3v) is 3.06. The van der Waals surface area contributed by atoms with Crippen molar-refractivity contribution in [2.24, 2.45) is 0 Å². The predicted octanol–water partition coefficient (Wildman–Crippen LogP) is 3.81. The van der Waals surface area contributed by atoms with E-state index in [2.05, 4.69) is 4.98 Å². The molecule has 0 aliphatic heterocycles. The maximum atomic E-state index is 11.1. The van der Waals surface area contributed by atoms with Crippen LogP contribution in [0, 0.1) is 0 Å². The quantitative estimate of drug-likeness (QED) is 0.654. The molecule has 2 rings (SSSR count). The summed E-state index contributed by atoms with van der Waals surface area (Å²) in [7, 11) is 0. The van der Waals surface area contributed by atoms with Gasteiger partial charge in [-0.1, -0.05) is 11.6 Å². The third-order valence-electron chi connectivity index (χ3n) is 2.56. The summed E-state index contributed by atoms with van der Waals surface area (Å²) < 4.78 is 0. The number of halogens is 2. The van der Waals surface area contributed by atoms with Crippen molar-refractivity contribution in [3.63, 3.8) is 0 Å². The summed E-state index contributed by atoms with van der Waals surface area (Å²) in [5.41, 5.74) is 2.58. The Bertz CT molecular complexity index is 519. The minimum Gasteiger partial charge on any atom is -0.358 e. The van der Waals surface area contributed by atoms with Gasteiger partial charge in [0.1, 0.15) is 0 Å². The van der Waals surface area contributed by atoms with Crippen LogP contribution >= 0.6 is 23.2 Å². The number of aromatic nitrogens is 1. The largest absolute Gasteiger partial charge is 0.358 e. The molecular weight excluding hydrogens is 245 g/mol. The van der Waals surface area contributed by atoms with Crippen LogP contribution in [0.15, 0.2) is 18.2 Å². The lowest BCUT2D eigenvalue weighted by atomic mass is 10.1. The van der Waals surface area contributed by atoms with Crippen molar-refractivity contribution >= 4 is 40.4 Å². The Morgan fingerprint density at radius 2 is 2.19 bits per heavy atom. The molecule has 0 unspecified atom stereocenters. The van der Waals surface area contributed by atoms with Crippen LogP contribution in [-0.2, 0) is 6.42 Å². The topological polar surface area (TPSA) is 32.9 Å². The van der Waals surface area contributed by atoms with Crippen molar-refractivity contribution in [1.82, 2.24) is 4.98 Å². The molecule has 1 aromatic carbocycles. The predicted molar refractivity (Wildman–Crippen MR) is 67.7 cm³/mol. The second kappa shape index (κ2) is 4.89. The number of carbonyl (C=O) groups is 1. The average Bonchev–Trinajstić information content (AvgIpc) is 2.63. The summed E-state index contributed by atoms with van der Waals surface area (Å²) in [6.07, 6.45) is 2.51. The van der Waals surface area contributed by atoms with Gasteiger partial charge in [-0.05, 0) is 31.0 Å². The lowest BCUT2D eigenvalue weighted by Gasteiger charge is -1.95. The van der Waals surface area contributed by atoms with E-state index in [1.54, 1.807) is 12.1 Å². The highest BCUT2D eigenvalue weighted by Gasteiger charge is 2.10. The van der Waals surface area contributed by atoms with E-state index in [9.17, 15) is 4.79 Å². The molecule has 0 atom stereocenters. The molecule has 84 valence electrons. The van der Waals surface area contributed by atoms with Gasteiger partial charge >= 0.3 is 0 Å². The van der Waals surface area contributed by atoms with E-state index in [4.69, 9.17) is 23.2 Å². The van der Waals surface area contributed by atoms with Gasteiger partial charge in [0.25, 0.3) is 0 Å². The molecule has 0 spiro atoms. The van der Waals surface area contributed by atoms with E-state index in [0.717, 1.165) is 35.7 Å². The van der Waals surface area contributed by atoms with Crippen molar-refractivity contribution in [2.75, 3.05) is 5.88 Å². The van der Waals surface area contributed by atoms with Gasteiger partial charge in [0.2, 0.25) is 0 Å².